The van der Waals surface area contributed by atoms with Gasteiger partial charge in [-0.2, -0.15) is 4.68 Å². The minimum absolute atomic E-state index is 0.0850. The van der Waals surface area contributed by atoms with E-state index in [1.54, 1.807) is 30.3 Å². The van der Waals surface area contributed by atoms with Gasteiger partial charge in [0.25, 0.3) is 11.6 Å². The molecule has 10 nitrogen and oxygen atoms in total. The number of amides is 1. The summed E-state index contributed by atoms with van der Waals surface area (Å²) < 4.78 is 6.12. The van der Waals surface area contributed by atoms with E-state index >= 15 is 0 Å². The third-order valence-corrected chi connectivity index (χ3v) is 3.48. The fraction of sp³-hybridized carbons (Fsp3) is 0.0625. The lowest BCUT2D eigenvalue weighted by molar-refractivity contribution is -0.384. The number of anilines is 1. The number of benzene rings is 2. The molecule has 2 aromatic carbocycles. The molecule has 0 aliphatic heterocycles. The number of aromatic amines is 1. The number of carbonyl (C=O) groups excluding carboxylic acids is 1. The maximum atomic E-state index is 12.4. The van der Waals surface area contributed by atoms with E-state index in [1.165, 1.54) is 19.2 Å². The molecule has 3 aromatic rings. The van der Waals surface area contributed by atoms with Crippen molar-refractivity contribution < 1.29 is 14.5 Å². The van der Waals surface area contributed by atoms with Gasteiger partial charge in [0.15, 0.2) is 0 Å². The topological polar surface area (TPSA) is 132 Å². The summed E-state index contributed by atoms with van der Waals surface area (Å²) in [7, 11) is 1.36. The molecule has 0 aliphatic rings. The molecule has 26 heavy (non-hydrogen) atoms. The Hall–Kier alpha value is -3.95. The Labute approximate surface area is 146 Å². The highest BCUT2D eigenvalue weighted by Crippen LogP contribution is 2.29. The molecule has 1 aromatic heterocycles. The SMILES string of the molecule is COc1ccc([N+](=O)[O-])cc1NC(=O)c1nn(-c2ccccc2)c(=O)[nH]1. The average molecular weight is 355 g/mol. The second kappa shape index (κ2) is 6.89. The average Bonchev–Trinajstić information content (AvgIpc) is 3.04. The van der Waals surface area contributed by atoms with Crippen molar-refractivity contribution in [2.45, 2.75) is 0 Å². The number of rotatable bonds is 5. The highest BCUT2D eigenvalue weighted by atomic mass is 16.6. The molecule has 0 unspecified atom stereocenters. The number of nitrogens with zero attached hydrogens (tertiary/aromatic N) is 3. The second-order valence-corrected chi connectivity index (χ2v) is 5.12. The maximum Gasteiger partial charge on any atom is 0.348 e. The number of methoxy groups -OCH3 is 1. The van der Waals surface area contributed by atoms with Crippen LogP contribution in [0.2, 0.25) is 0 Å². The normalized spacial score (nSPS) is 10.3. The van der Waals surface area contributed by atoms with Crippen LogP contribution in [0.5, 0.6) is 5.75 Å². The maximum absolute atomic E-state index is 12.4. The Balaban J connectivity index is 1.91. The van der Waals surface area contributed by atoms with Gasteiger partial charge in [0.1, 0.15) is 5.75 Å². The van der Waals surface area contributed by atoms with Crippen molar-refractivity contribution in [3.8, 4) is 11.4 Å². The van der Waals surface area contributed by atoms with E-state index in [0.717, 1.165) is 10.7 Å². The number of carbonyl (C=O) groups is 1. The van der Waals surface area contributed by atoms with Gasteiger partial charge >= 0.3 is 5.69 Å². The largest absolute Gasteiger partial charge is 0.495 e. The van der Waals surface area contributed by atoms with Crippen LogP contribution in [-0.4, -0.2) is 32.7 Å². The summed E-state index contributed by atoms with van der Waals surface area (Å²) >= 11 is 0. The summed E-state index contributed by atoms with van der Waals surface area (Å²) in [6.07, 6.45) is 0. The lowest BCUT2D eigenvalue weighted by Gasteiger charge is -2.08. The molecule has 0 saturated heterocycles. The molecule has 1 heterocycles. The number of aromatic nitrogens is 3. The van der Waals surface area contributed by atoms with Crippen molar-refractivity contribution in [3.05, 3.63) is 75.0 Å². The van der Waals surface area contributed by atoms with Gasteiger partial charge in [0.05, 0.1) is 23.4 Å². The molecule has 0 fully saturated rings. The molecule has 10 heteroatoms. The number of hydrogen-bond donors (Lipinski definition) is 2. The quantitative estimate of drug-likeness (QED) is 0.529. The first kappa shape index (κ1) is 16.9. The molecule has 1 amide bonds. The first-order valence-electron chi connectivity index (χ1n) is 7.38. The molecule has 0 spiro atoms. The van der Waals surface area contributed by atoms with E-state index in [1.807, 2.05) is 0 Å². The molecule has 0 radical (unpaired) electrons. The van der Waals surface area contributed by atoms with Gasteiger partial charge < -0.3 is 10.1 Å². The number of para-hydroxylation sites is 1. The zero-order valence-corrected chi connectivity index (χ0v) is 13.5. The number of nitrogens with one attached hydrogen (secondary N) is 2. The summed E-state index contributed by atoms with van der Waals surface area (Å²) in [5.74, 6) is -0.753. The van der Waals surface area contributed by atoms with E-state index < -0.39 is 16.5 Å². The van der Waals surface area contributed by atoms with Crippen LogP contribution < -0.4 is 15.7 Å². The predicted molar refractivity (Wildman–Crippen MR) is 91.8 cm³/mol. The summed E-state index contributed by atoms with van der Waals surface area (Å²) in [4.78, 5) is 37.0. The highest BCUT2D eigenvalue weighted by Gasteiger charge is 2.18. The van der Waals surface area contributed by atoms with Crippen LogP contribution in [0.25, 0.3) is 5.69 Å². The van der Waals surface area contributed by atoms with Crippen molar-refractivity contribution >= 4 is 17.3 Å². The predicted octanol–water partition coefficient (Wildman–Crippen LogP) is 1.73. The van der Waals surface area contributed by atoms with Crippen LogP contribution in [0.4, 0.5) is 11.4 Å². The summed E-state index contributed by atoms with van der Waals surface area (Å²) in [5, 5.41) is 17.3. The Morgan fingerprint density at radius 1 is 1.27 bits per heavy atom. The molecular weight excluding hydrogens is 342 g/mol. The number of nitro groups is 1. The Kier molecular flexibility index (Phi) is 4.48. The van der Waals surface area contributed by atoms with Crippen LogP contribution >= 0.6 is 0 Å². The van der Waals surface area contributed by atoms with Crippen molar-refractivity contribution in [1.29, 1.82) is 0 Å². The van der Waals surface area contributed by atoms with Crippen molar-refractivity contribution in [2.24, 2.45) is 0 Å². The first-order valence-corrected chi connectivity index (χ1v) is 7.38. The minimum atomic E-state index is -0.740. The van der Waals surface area contributed by atoms with Crippen LogP contribution in [0.1, 0.15) is 10.6 Å². The Morgan fingerprint density at radius 2 is 2.00 bits per heavy atom. The Morgan fingerprint density at radius 3 is 2.65 bits per heavy atom. The summed E-state index contributed by atoms with van der Waals surface area (Å²) in [6, 6.07) is 12.3. The Bertz CT molecular complexity index is 1030. The van der Waals surface area contributed by atoms with Gasteiger partial charge in [-0.15, -0.1) is 5.10 Å². The molecule has 0 aliphatic carbocycles. The highest BCUT2D eigenvalue weighted by molar-refractivity contribution is 6.02. The number of ether oxygens (including phenoxy) is 1. The van der Waals surface area contributed by atoms with E-state index in [2.05, 4.69) is 15.4 Å². The van der Waals surface area contributed by atoms with Crippen molar-refractivity contribution in [3.63, 3.8) is 0 Å². The van der Waals surface area contributed by atoms with E-state index in [0.29, 0.717) is 5.69 Å². The van der Waals surface area contributed by atoms with Crippen molar-refractivity contribution in [2.75, 3.05) is 12.4 Å². The zero-order valence-electron chi connectivity index (χ0n) is 13.5. The molecular formula is C16H13N5O5. The number of H-pyrrole nitrogens is 1. The summed E-state index contributed by atoms with van der Waals surface area (Å²) in [5.41, 5.74) is -0.237. The third kappa shape index (κ3) is 3.29. The van der Waals surface area contributed by atoms with Gasteiger partial charge in [-0.1, -0.05) is 18.2 Å². The molecule has 3 rings (SSSR count). The molecule has 0 saturated carbocycles. The van der Waals surface area contributed by atoms with Gasteiger partial charge in [-0.3, -0.25) is 19.9 Å². The zero-order chi connectivity index (χ0) is 18.7. The van der Waals surface area contributed by atoms with Gasteiger partial charge in [-0.05, 0) is 18.2 Å². The van der Waals surface area contributed by atoms with E-state index in [4.69, 9.17) is 4.74 Å². The molecule has 2 N–H and O–H groups in total. The molecule has 132 valence electrons. The number of nitro benzene ring substituents is 1. The molecule has 0 atom stereocenters. The fourth-order valence-corrected chi connectivity index (χ4v) is 2.26. The van der Waals surface area contributed by atoms with Gasteiger partial charge in [0, 0.05) is 12.1 Å². The fourth-order valence-electron chi connectivity index (χ4n) is 2.26. The summed E-state index contributed by atoms with van der Waals surface area (Å²) in [6.45, 7) is 0. The van der Waals surface area contributed by atoms with E-state index in [-0.39, 0.29) is 22.9 Å². The standard InChI is InChI=1S/C16H13N5O5/c1-26-13-8-7-11(21(24)25)9-12(13)17-15(22)14-18-16(23)20(19-14)10-5-3-2-4-6-10/h2-9H,1H3,(H,17,22)(H,18,19,23). The lowest BCUT2D eigenvalue weighted by atomic mass is 10.2. The molecule has 0 bridgehead atoms. The van der Waals surface area contributed by atoms with E-state index in [9.17, 15) is 19.7 Å². The van der Waals surface area contributed by atoms with Crippen molar-refractivity contribution in [1.82, 2.24) is 14.8 Å². The smallest absolute Gasteiger partial charge is 0.348 e. The van der Waals surface area contributed by atoms with Crippen LogP contribution in [0.3, 0.4) is 0 Å². The van der Waals surface area contributed by atoms with Crippen LogP contribution in [-0.2, 0) is 0 Å². The first-order chi connectivity index (χ1) is 12.5. The van der Waals surface area contributed by atoms with Crippen LogP contribution in [0.15, 0.2) is 53.3 Å². The second-order valence-electron chi connectivity index (χ2n) is 5.12. The number of non-ortho nitro benzene ring substituents is 1. The monoisotopic (exact) mass is 355 g/mol. The van der Waals surface area contributed by atoms with Gasteiger partial charge in [0.2, 0.25) is 5.82 Å². The minimum Gasteiger partial charge on any atom is -0.495 e. The lowest BCUT2D eigenvalue weighted by Crippen LogP contribution is -2.16. The van der Waals surface area contributed by atoms with Gasteiger partial charge in [-0.25, -0.2) is 4.79 Å². The van der Waals surface area contributed by atoms with Crippen LogP contribution in [0, 0.1) is 10.1 Å². The number of hydrogen-bond acceptors (Lipinski definition) is 6. The third-order valence-electron chi connectivity index (χ3n) is 3.48.